The Hall–Kier alpha value is -4.21. The number of amides is 2. The van der Waals surface area contributed by atoms with Gasteiger partial charge in [0.2, 0.25) is 5.91 Å². The molecule has 1 aliphatic heterocycles. The third-order valence-corrected chi connectivity index (χ3v) is 6.69. The molecule has 0 atom stereocenters. The molecule has 0 radical (unpaired) electrons. The Bertz CT molecular complexity index is 1320. The first-order valence-corrected chi connectivity index (χ1v) is 12.6. The number of likely N-dealkylation sites (tertiary alicyclic amines) is 1. The van der Waals surface area contributed by atoms with E-state index >= 15 is 0 Å². The molecule has 0 saturated carbocycles. The molecule has 5 rings (SSSR count). The summed E-state index contributed by atoms with van der Waals surface area (Å²) in [4.78, 5) is 36.6. The van der Waals surface area contributed by atoms with Crippen LogP contribution in [0.15, 0.2) is 65.9 Å². The van der Waals surface area contributed by atoms with E-state index in [4.69, 9.17) is 9.40 Å². The van der Waals surface area contributed by atoms with Crippen molar-refractivity contribution in [3.05, 3.63) is 78.5 Å². The summed E-state index contributed by atoms with van der Waals surface area (Å²) < 4.78 is 9.01. The van der Waals surface area contributed by atoms with E-state index in [0.717, 1.165) is 37.2 Å². The van der Waals surface area contributed by atoms with Crippen LogP contribution in [0.2, 0.25) is 0 Å². The zero-order valence-corrected chi connectivity index (χ0v) is 20.9. The first-order valence-electron chi connectivity index (χ1n) is 12.6. The van der Waals surface area contributed by atoms with Gasteiger partial charge in [0.25, 0.3) is 5.91 Å². The molecule has 0 spiro atoms. The molecule has 10 nitrogen and oxygen atoms in total. The maximum Gasteiger partial charge on any atom is 0.253 e. The smallest absolute Gasteiger partial charge is 0.253 e. The van der Waals surface area contributed by atoms with Gasteiger partial charge in [-0.2, -0.15) is 5.10 Å². The van der Waals surface area contributed by atoms with Crippen molar-refractivity contribution in [2.75, 3.05) is 19.6 Å². The molecular formula is C27H31N7O3. The zero-order chi connectivity index (χ0) is 25.6. The highest BCUT2D eigenvalue weighted by Crippen LogP contribution is 2.29. The van der Waals surface area contributed by atoms with Crippen LogP contribution in [-0.2, 0) is 17.9 Å². The van der Waals surface area contributed by atoms with Crippen molar-refractivity contribution >= 4 is 11.8 Å². The zero-order valence-electron chi connectivity index (χ0n) is 20.9. The SMILES string of the molecule is Cc1ccc(C(=O)NCCCn2ccnc2)c(C2CCN(C(=O)Cn3ccc(-c4ccco4)n3)CC2)n1. The highest BCUT2D eigenvalue weighted by molar-refractivity contribution is 5.95. The number of nitrogens with one attached hydrogen (secondary N) is 1. The highest BCUT2D eigenvalue weighted by Gasteiger charge is 2.28. The van der Waals surface area contributed by atoms with E-state index in [1.54, 1.807) is 29.7 Å². The lowest BCUT2D eigenvalue weighted by Gasteiger charge is -2.32. The minimum absolute atomic E-state index is 0.0283. The number of carbonyl (C=O) groups excluding carboxylic acids is 2. The first-order chi connectivity index (χ1) is 18.1. The van der Waals surface area contributed by atoms with E-state index in [1.165, 1.54) is 0 Å². The highest BCUT2D eigenvalue weighted by atomic mass is 16.3. The molecule has 5 heterocycles. The van der Waals surface area contributed by atoms with Crippen molar-refractivity contribution in [3.63, 3.8) is 0 Å². The fraction of sp³-hybridized carbons (Fsp3) is 0.370. The Balaban J connectivity index is 1.15. The standard InChI is InChI=1S/C27H31N7O3/c1-20-5-6-22(27(36)29-10-3-12-32-16-11-28-19-32)26(30-20)21-7-13-33(14-8-21)25(35)18-34-15-9-23(31-34)24-4-2-17-37-24/h2,4-6,9,11,15-17,19,21H,3,7-8,10,12-14,18H2,1H3,(H,29,36). The Kier molecular flexibility index (Phi) is 7.43. The third-order valence-electron chi connectivity index (χ3n) is 6.69. The van der Waals surface area contributed by atoms with E-state index in [2.05, 4.69) is 15.4 Å². The van der Waals surface area contributed by atoms with Gasteiger partial charge < -0.3 is 19.2 Å². The Morgan fingerprint density at radius 3 is 2.76 bits per heavy atom. The van der Waals surface area contributed by atoms with Crippen LogP contribution in [0.4, 0.5) is 0 Å². The predicted octanol–water partition coefficient (Wildman–Crippen LogP) is 3.27. The van der Waals surface area contributed by atoms with Crippen LogP contribution in [0.25, 0.3) is 11.5 Å². The van der Waals surface area contributed by atoms with Gasteiger partial charge in [0, 0.05) is 56.4 Å². The van der Waals surface area contributed by atoms with E-state index < -0.39 is 0 Å². The van der Waals surface area contributed by atoms with Gasteiger partial charge in [-0.25, -0.2) is 4.98 Å². The van der Waals surface area contributed by atoms with Gasteiger partial charge >= 0.3 is 0 Å². The van der Waals surface area contributed by atoms with Crippen molar-refractivity contribution in [2.24, 2.45) is 0 Å². The third kappa shape index (κ3) is 5.96. The molecule has 0 bridgehead atoms. The normalized spacial score (nSPS) is 14.1. The van der Waals surface area contributed by atoms with Crippen molar-refractivity contribution in [2.45, 2.75) is 45.2 Å². The molecule has 0 unspecified atom stereocenters. The summed E-state index contributed by atoms with van der Waals surface area (Å²) in [7, 11) is 0. The lowest BCUT2D eigenvalue weighted by molar-refractivity contribution is -0.133. The second-order valence-electron chi connectivity index (χ2n) is 9.33. The predicted molar refractivity (Wildman–Crippen MR) is 137 cm³/mol. The number of hydrogen-bond donors (Lipinski definition) is 1. The summed E-state index contributed by atoms with van der Waals surface area (Å²) in [5, 5.41) is 7.49. The van der Waals surface area contributed by atoms with E-state index in [0.29, 0.717) is 36.7 Å². The summed E-state index contributed by atoms with van der Waals surface area (Å²) in [5.74, 6) is 0.736. The number of carbonyl (C=O) groups is 2. The fourth-order valence-electron chi connectivity index (χ4n) is 4.70. The second kappa shape index (κ2) is 11.2. The van der Waals surface area contributed by atoms with E-state index in [-0.39, 0.29) is 24.3 Å². The number of hydrogen-bond acceptors (Lipinski definition) is 6. The van der Waals surface area contributed by atoms with Gasteiger partial charge in [0.05, 0.1) is 23.8 Å². The number of rotatable bonds is 9. The van der Waals surface area contributed by atoms with Crippen LogP contribution in [0.3, 0.4) is 0 Å². The number of aromatic nitrogens is 5. The van der Waals surface area contributed by atoms with Crippen molar-refractivity contribution in [1.29, 1.82) is 0 Å². The van der Waals surface area contributed by atoms with Gasteiger partial charge in [-0.3, -0.25) is 19.3 Å². The number of aryl methyl sites for hydroxylation is 2. The van der Waals surface area contributed by atoms with Crippen molar-refractivity contribution in [3.8, 4) is 11.5 Å². The molecule has 1 N–H and O–H groups in total. The number of pyridine rings is 1. The maximum absolute atomic E-state index is 13.0. The summed E-state index contributed by atoms with van der Waals surface area (Å²) in [6.45, 7) is 4.74. The molecule has 37 heavy (non-hydrogen) atoms. The van der Waals surface area contributed by atoms with Crippen LogP contribution in [0.5, 0.6) is 0 Å². The fourth-order valence-corrected chi connectivity index (χ4v) is 4.70. The lowest BCUT2D eigenvalue weighted by atomic mass is 9.89. The number of imidazole rings is 1. The van der Waals surface area contributed by atoms with Gasteiger partial charge in [-0.1, -0.05) is 0 Å². The molecule has 0 aliphatic carbocycles. The van der Waals surface area contributed by atoms with Crippen molar-refractivity contribution < 1.29 is 14.0 Å². The quantitative estimate of drug-likeness (QED) is 0.353. The van der Waals surface area contributed by atoms with Gasteiger partial charge in [0.1, 0.15) is 12.2 Å². The lowest BCUT2D eigenvalue weighted by Crippen LogP contribution is -2.40. The summed E-state index contributed by atoms with van der Waals surface area (Å²) in [5.41, 5.74) is 3.04. The van der Waals surface area contributed by atoms with E-state index in [9.17, 15) is 9.59 Å². The molecule has 1 saturated heterocycles. The summed E-state index contributed by atoms with van der Waals surface area (Å²) >= 11 is 0. The Morgan fingerprint density at radius 2 is 2.00 bits per heavy atom. The first kappa shape index (κ1) is 24.5. The molecular weight excluding hydrogens is 470 g/mol. The summed E-state index contributed by atoms with van der Waals surface area (Å²) in [6.07, 6.45) is 11.2. The average Bonchev–Trinajstić information content (AvgIpc) is 3.70. The molecule has 1 aliphatic rings. The topological polar surface area (TPSA) is 111 Å². The molecule has 0 aromatic carbocycles. The van der Waals surface area contributed by atoms with Crippen molar-refractivity contribution in [1.82, 2.24) is 34.5 Å². The second-order valence-corrected chi connectivity index (χ2v) is 9.33. The monoisotopic (exact) mass is 501 g/mol. The van der Waals surface area contributed by atoms with E-state index in [1.807, 2.05) is 52.9 Å². The number of piperidine rings is 1. The Morgan fingerprint density at radius 1 is 1.14 bits per heavy atom. The number of nitrogens with zero attached hydrogens (tertiary/aromatic N) is 6. The minimum Gasteiger partial charge on any atom is -0.463 e. The molecule has 4 aromatic heterocycles. The molecule has 10 heteroatoms. The molecule has 4 aromatic rings. The molecule has 1 fully saturated rings. The van der Waals surface area contributed by atoms with Crippen LogP contribution in [0, 0.1) is 6.92 Å². The van der Waals surface area contributed by atoms with Crippen LogP contribution >= 0.6 is 0 Å². The Labute approximate surface area is 215 Å². The largest absolute Gasteiger partial charge is 0.463 e. The molecule has 2 amide bonds. The maximum atomic E-state index is 13.0. The van der Waals surface area contributed by atoms with Gasteiger partial charge in [-0.15, -0.1) is 0 Å². The molecule has 192 valence electrons. The number of furan rings is 1. The average molecular weight is 502 g/mol. The van der Waals surface area contributed by atoms with Crippen LogP contribution < -0.4 is 5.32 Å². The van der Waals surface area contributed by atoms with Gasteiger partial charge in [0.15, 0.2) is 5.76 Å². The van der Waals surface area contributed by atoms with Crippen LogP contribution in [-0.4, -0.2) is 60.7 Å². The van der Waals surface area contributed by atoms with Crippen LogP contribution in [0.1, 0.15) is 46.9 Å². The summed E-state index contributed by atoms with van der Waals surface area (Å²) in [6, 6.07) is 9.24. The van der Waals surface area contributed by atoms with Gasteiger partial charge in [-0.05, 0) is 56.5 Å². The minimum atomic E-state index is -0.0994.